The van der Waals surface area contributed by atoms with Crippen LogP contribution in [0.15, 0.2) is 35.3 Å². The average molecular weight is 472 g/mol. The number of hydrogen-bond donors (Lipinski definition) is 2. The summed E-state index contributed by atoms with van der Waals surface area (Å²) in [4.78, 5) is 5.22. The fraction of sp³-hybridized carbons (Fsp3) is 0.267. The Balaban J connectivity index is 0.00000264. The van der Waals surface area contributed by atoms with Crippen LogP contribution < -0.4 is 10.6 Å². The molecule has 3 nitrogen and oxygen atoms in total. The van der Waals surface area contributed by atoms with Crippen molar-refractivity contribution in [3.8, 4) is 0 Å². The Morgan fingerprint density at radius 2 is 2.00 bits per heavy atom. The van der Waals surface area contributed by atoms with E-state index in [-0.39, 0.29) is 36.1 Å². The molecular weight excluding hydrogens is 455 g/mol. The van der Waals surface area contributed by atoms with Gasteiger partial charge in [0.1, 0.15) is 11.6 Å². The molecule has 0 saturated carbocycles. The first kappa shape index (κ1) is 20.1. The molecule has 0 spiro atoms. The summed E-state index contributed by atoms with van der Waals surface area (Å²) >= 11 is 7.40. The van der Waals surface area contributed by atoms with Crippen molar-refractivity contribution in [2.24, 2.45) is 4.99 Å². The molecule has 0 bridgehead atoms. The molecule has 0 unspecified atom stereocenters. The van der Waals surface area contributed by atoms with E-state index in [2.05, 4.69) is 15.6 Å². The molecule has 2 rings (SSSR count). The Hall–Kier alpha value is -0.930. The van der Waals surface area contributed by atoms with Crippen LogP contribution in [0.1, 0.15) is 10.4 Å². The molecule has 0 aliphatic rings. The number of rotatable bonds is 5. The first-order valence-corrected chi connectivity index (χ1v) is 7.90. The highest BCUT2D eigenvalue weighted by atomic mass is 127. The summed E-state index contributed by atoms with van der Waals surface area (Å²) in [7, 11) is 1.62. The zero-order chi connectivity index (χ0) is 15.9. The molecule has 1 heterocycles. The molecule has 0 radical (unpaired) electrons. The third-order valence-corrected chi connectivity index (χ3v) is 4.26. The number of nitrogens with zero attached hydrogens (tertiary/aromatic N) is 1. The van der Waals surface area contributed by atoms with Crippen LogP contribution >= 0.6 is 46.9 Å². The van der Waals surface area contributed by atoms with Gasteiger partial charge < -0.3 is 10.6 Å². The predicted molar refractivity (Wildman–Crippen MR) is 103 cm³/mol. The van der Waals surface area contributed by atoms with Gasteiger partial charge in [-0.1, -0.05) is 11.6 Å². The van der Waals surface area contributed by atoms with Crippen LogP contribution in [0.5, 0.6) is 0 Å². The molecule has 1 aromatic carbocycles. The number of guanidine groups is 1. The van der Waals surface area contributed by atoms with Gasteiger partial charge in [0.25, 0.3) is 0 Å². The zero-order valence-electron chi connectivity index (χ0n) is 12.4. The first-order chi connectivity index (χ1) is 10.6. The van der Waals surface area contributed by atoms with Crippen molar-refractivity contribution in [2.75, 3.05) is 13.6 Å². The molecule has 2 aromatic rings. The number of benzene rings is 1. The highest BCUT2D eigenvalue weighted by Crippen LogP contribution is 2.21. The van der Waals surface area contributed by atoms with Crippen molar-refractivity contribution >= 4 is 52.9 Å². The fourth-order valence-corrected chi connectivity index (χ4v) is 2.96. The molecular formula is C15H17ClF2IN3S. The summed E-state index contributed by atoms with van der Waals surface area (Å²) in [6.07, 6.45) is 0.812. The average Bonchev–Trinajstić information content (AvgIpc) is 2.91. The molecule has 126 valence electrons. The Morgan fingerprint density at radius 1 is 1.22 bits per heavy atom. The largest absolute Gasteiger partial charge is 0.356 e. The molecule has 0 atom stereocenters. The maximum atomic E-state index is 13.5. The predicted octanol–water partition coefficient (Wildman–Crippen LogP) is 4.21. The van der Waals surface area contributed by atoms with Gasteiger partial charge in [0.05, 0.1) is 4.34 Å². The third kappa shape index (κ3) is 6.60. The van der Waals surface area contributed by atoms with Gasteiger partial charge in [0.2, 0.25) is 0 Å². The molecule has 1 aromatic heterocycles. The number of thiophene rings is 1. The lowest BCUT2D eigenvalue weighted by atomic mass is 10.2. The van der Waals surface area contributed by atoms with E-state index in [1.807, 2.05) is 12.1 Å². The van der Waals surface area contributed by atoms with Gasteiger partial charge in [-0.2, -0.15) is 0 Å². The summed E-state index contributed by atoms with van der Waals surface area (Å²) in [6.45, 7) is 0.830. The molecule has 23 heavy (non-hydrogen) atoms. The van der Waals surface area contributed by atoms with Gasteiger partial charge in [-0.05, 0) is 36.8 Å². The summed E-state index contributed by atoms with van der Waals surface area (Å²) in [5.74, 6) is -0.375. The molecule has 0 aliphatic carbocycles. The first-order valence-electron chi connectivity index (χ1n) is 6.71. The molecule has 2 N–H and O–H groups in total. The van der Waals surface area contributed by atoms with Crippen molar-refractivity contribution < 1.29 is 8.78 Å². The Morgan fingerprint density at radius 3 is 2.65 bits per heavy atom. The molecule has 0 amide bonds. The van der Waals surface area contributed by atoms with E-state index in [9.17, 15) is 8.78 Å². The SMILES string of the molecule is CN=C(NCCc1ccc(Cl)s1)NCc1cc(F)ccc1F.I. The van der Waals surface area contributed by atoms with Crippen molar-refractivity contribution in [1.29, 1.82) is 0 Å². The van der Waals surface area contributed by atoms with E-state index in [0.29, 0.717) is 12.5 Å². The van der Waals surface area contributed by atoms with Crippen LogP contribution in [0.3, 0.4) is 0 Å². The number of halogens is 4. The second kappa shape index (κ2) is 10.0. The number of hydrogen-bond acceptors (Lipinski definition) is 2. The van der Waals surface area contributed by atoms with Gasteiger partial charge in [-0.3, -0.25) is 4.99 Å². The normalized spacial score (nSPS) is 11.0. The van der Waals surface area contributed by atoms with E-state index in [4.69, 9.17) is 11.6 Å². The van der Waals surface area contributed by atoms with Crippen LogP contribution in [-0.4, -0.2) is 19.6 Å². The smallest absolute Gasteiger partial charge is 0.191 e. The minimum Gasteiger partial charge on any atom is -0.356 e. The monoisotopic (exact) mass is 471 g/mol. The lowest BCUT2D eigenvalue weighted by Crippen LogP contribution is -2.38. The Kier molecular flexibility index (Phi) is 8.78. The van der Waals surface area contributed by atoms with Crippen molar-refractivity contribution in [3.05, 3.63) is 56.7 Å². The van der Waals surface area contributed by atoms with Crippen LogP contribution in [-0.2, 0) is 13.0 Å². The molecule has 8 heteroatoms. The maximum absolute atomic E-state index is 13.5. The minimum atomic E-state index is -0.462. The van der Waals surface area contributed by atoms with Gasteiger partial charge in [-0.25, -0.2) is 8.78 Å². The van der Waals surface area contributed by atoms with Crippen molar-refractivity contribution in [3.63, 3.8) is 0 Å². The minimum absolute atomic E-state index is 0. The topological polar surface area (TPSA) is 36.4 Å². The van der Waals surface area contributed by atoms with E-state index in [1.54, 1.807) is 7.05 Å². The van der Waals surface area contributed by atoms with E-state index in [1.165, 1.54) is 22.3 Å². The van der Waals surface area contributed by atoms with E-state index >= 15 is 0 Å². The Bertz CT molecular complexity index is 664. The van der Waals surface area contributed by atoms with Gasteiger partial charge in [0.15, 0.2) is 5.96 Å². The summed E-state index contributed by atoms with van der Waals surface area (Å²) < 4.78 is 27.4. The lowest BCUT2D eigenvalue weighted by molar-refractivity contribution is 0.581. The molecule has 0 fully saturated rings. The summed E-state index contributed by atoms with van der Waals surface area (Å²) in [6, 6.07) is 7.22. The van der Waals surface area contributed by atoms with Crippen LogP contribution in [0.2, 0.25) is 4.34 Å². The second-order valence-electron chi connectivity index (χ2n) is 4.54. The molecule has 0 saturated heterocycles. The molecule has 0 aliphatic heterocycles. The van der Waals surface area contributed by atoms with Crippen molar-refractivity contribution in [2.45, 2.75) is 13.0 Å². The van der Waals surface area contributed by atoms with Crippen LogP contribution in [0.4, 0.5) is 8.78 Å². The van der Waals surface area contributed by atoms with Gasteiger partial charge in [-0.15, -0.1) is 35.3 Å². The third-order valence-electron chi connectivity index (χ3n) is 2.97. The van der Waals surface area contributed by atoms with E-state index < -0.39 is 11.6 Å². The fourth-order valence-electron chi connectivity index (χ4n) is 1.87. The van der Waals surface area contributed by atoms with E-state index in [0.717, 1.165) is 22.9 Å². The second-order valence-corrected chi connectivity index (χ2v) is 6.34. The standard InChI is InChI=1S/C15H16ClF2N3S.HI/c1-19-15(20-7-6-12-3-5-14(16)22-12)21-9-10-8-11(17)2-4-13(10)18;/h2-5,8H,6-7,9H2,1H3,(H2,19,20,21);1H. The number of nitrogens with one attached hydrogen (secondary N) is 2. The highest BCUT2D eigenvalue weighted by Gasteiger charge is 2.05. The van der Waals surface area contributed by atoms with Crippen molar-refractivity contribution in [1.82, 2.24) is 10.6 Å². The van der Waals surface area contributed by atoms with Gasteiger partial charge >= 0.3 is 0 Å². The zero-order valence-corrected chi connectivity index (χ0v) is 16.3. The highest BCUT2D eigenvalue weighted by molar-refractivity contribution is 14.0. The number of aliphatic imine (C=N–C) groups is 1. The maximum Gasteiger partial charge on any atom is 0.191 e. The lowest BCUT2D eigenvalue weighted by Gasteiger charge is -2.12. The quantitative estimate of drug-likeness (QED) is 0.389. The van der Waals surface area contributed by atoms with Crippen LogP contribution in [0.25, 0.3) is 0 Å². The summed E-state index contributed by atoms with van der Waals surface area (Å²) in [5, 5.41) is 6.07. The Labute approximate surface area is 160 Å². The van der Waals surface area contributed by atoms with Crippen LogP contribution in [0, 0.1) is 11.6 Å². The summed E-state index contributed by atoms with van der Waals surface area (Å²) in [5.41, 5.74) is 0.257. The van der Waals surface area contributed by atoms with Gasteiger partial charge in [0, 0.05) is 30.6 Å².